The molecule has 1 aliphatic rings. The van der Waals surface area contributed by atoms with Gasteiger partial charge in [0.15, 0.2) is 0 Å². The molecule has 0 unspecified atom stereocenters. The van der Waals surface area contributed by atoms with E-state index in [-0.39, 0.29) is 23.3 Å². The monoisotopic (exact) mass is 488 g/mol. The summed E-state index contributed by atoms with van der Waals surface area (Å²) < 4.78 is 6.12. The van der Waals surface area contributed by atoms with E-state index in [9.17, 15) is 15.2 Å². The van der Waals surface area contributed by atoms with Crippen LogP contribution in [-0.2, 0) is 13.2 Å². The Kier molecular flexibility index (Phi) is 9.39. The Bertz CT molecular complexity index is 1170. The predicted molar refractivity (Wildman–Crippen MR) is 140 cm³/mol. The summed E-state index contributed by atoms with van der Waals surface area (Å²) in [5, 5.41) is 30.8. The molecule has 3 aromatic carbocycles. The van der Waals surface area contributed by atoms with E-state index < -0.39 is 0 Å². The number of nitro benzene ring substituents is 1. The number of aliphatic hydroxyl groups is 1. The van der Waals surface area contributed by atoms with Gasteiger partial charge in [0, 0.05) is 44.4 Å². The van der Waals surface area contributed by atoms with Gasteiger partial charge in [-0.25, -0.2) is 5.26 Å². The average molecular weight is 489 g/mol. The van der Waals surface area contributed by atoms with Crippen LogP contribution in [0.15, 0.2) is 60.7 Å². The van der Waals surface area contributed by atoms with Gasteiger partial charge in [0.25, 0.3) is 5.69 Å². The number of hydrogen-bond acceptors (Lipinski definition) is 7. The van der Waals surface area contributed by atoms with Gasteiger partial charge in [-0.15, -0.1) is 0 Å². The van der Waals surface area contributed by atoms with Crippen LogP contribution in [-0.4, -0.2) is 34.1 Å². The Hall–Kier alpha value is -3.93. The summed E-state index contributed by atoms with van der Waals surface area (Å²) in [6.07, 6.45) is 1.79. The summed E-state index contributed by atoms with van der Waals surface area (Å²) in [6, 6.07) is 19.0. The Morgan fingerprint density at radius 1 is 1.06 bits per heavy atom. The number of aryl methyl sites for hydroxylation is 2. The van der Waals surface area contributed by atoms with Crippen LogP contribution in [0.2, 0.25) is 0 Å². The highest BCUT2D eigenvalue weighted by molar-refractivity contribution is 5.65. The fraction of sp³-hybridized carbons (Fsp3) is 0.321. The number of aliphatic hydroxyl groups excluding tert-OH is 1. The van der Waals surface area contributed by atoms with Crippen LogP contribution < -0.4 is 10.1 Å². The van der Waals surface area contributed by atoms with Crippen molar-refractivity contribution in [2.24, 2.45) is 0 Å². The van der Waals surface area contributed by atoms with E-state index in [1.165, 1.54) is 11.6 Å². The fourth-order valence-corrected chi connectivity index (χ4v) is 4.40. The van der Waals surface area contributed by atoms with Crippen molar-refractivity contribution in [1.82, 2.24) is 4.90 Å². The molecule has 0 radical (unpaired) electrons. The third-order valence-corrected chi connectivity index (χ3v) is 6.35. The minimum atomic E-state index is -0.351. The highest BCUT2D eigenvalue weighted by atomic mass is 16.6. The fourth-order valence-electron chi connectivity index (χ4n) is 4.40. The lowest BCUT2D eigenvalue weighted by Crippen LogP contribution is -2.38. The molecule has 2 N–H and O–H groups in total. The first kappa shape index (κ1) is 26.7. The molecule has 8 heteroatoms. The third-order valence-electron chi connectivity index (χ3n) is 6.35. The van der Waals surface area contributed by atoms with E-state index in [1.54, 1.807) is 12.1 Å². The molecule has 1 fully saturated rings. The van der Waals surface area contributed by atoms with E-state index >= 15 is 0 Å². The van der Waals surface area contributed by atoms with Crippen LogP contribution >= 0.6 is 0 Å². The van der Waals surface area contributed by atoms with Gasteiger partial charge in [0.05, 0.1) is 11.5 Å². The van der Waals surface area contributed by atoms with Crippen LogP contribution in [0.3, 0.4) is 0 Å². The van der Waals surface area contributed by atoms with Gasteiger partial charge in [-0.2, -0.15) is 0 Å². The number of ether oxygens (including phenoxy) is 1. The molecular formula is C28H32N4O4. The minimum Gasteiger partial charge on any atom is -0.457 e. The van der Waals surface area contributed by atoms with Crippen LogP contribution in [0.25, 0.3) is 0 Å². The summed E-state index contributed by atoms with van der Waals surface area (Å²) in [4.78, 5) is 13.7. The van der Waals surface area contributed by atoms with Gasteiger partial charge < -0.3 is 15.2 Å². The van der Waals surface area contributed by atoms with Gasteiger partial charge in [-0.1, -0.05) is 42.5 Å². The SMILES string of the molecule is C#N.Cc1cccc(C)c1Oc1ccc([N+](=O)[O-])c(NC2CCN(Cc3ccc(CO)cc3)CC2)c1. The molecule has 0 bridgehead atoms. The van der Waals surface area contributed by atoms with Crippen molar-refractivity contribution in [2.75, 3.05) is 18.4 Å². The highest BCUT2D eigenvalue weighted by Crippen LogP contribution is 2.35. The molecule has 188 valence electrons. The Morgan fingerprint density at radius 3 is 2.25 bits per heavy atom. The zero-order valence-corrected chi connectivity index (χ0v) is 20.7. The number of benzene rings is 3. The maximum atomic E-state index is 11.6. The molecular weight excluding hydrogens is 456 g/mol. The summed E-state index contributed by atoms with van der Waals surface area (Å²) in [7, 11) is 0. The Morgan fingerprint density at radius 2 is 1.67 bits per heavy atom. The molecule has 3 aromatic rings. The van der Waals surface area contributed by atoms with Crippen LogP contribution in [0.5, 0.6) is 11.5 Å². The molecule has 0 aliphatic carbocycles. The van der Waals surface area contributed by atoms with E-state index in [2.05, 4.69) is 28.9 Å². The number of nitrogens with one attached hydrogen (secondary N) is 1. The number of para-hydroxylation sites is 1. The lowest BCUT2D eigenvalue weighted by molar-refractivity contribution is -0.384. The summed E-state index contributed by atoms with van der Waals surface area (Å²) in [5.41, 5.74) is 4.72. The zero-order valence-electron chi connectivity index (χ0n) is 20.7. The topological polar surface area (TPSA) is 112 Å². The van der Waals surface area contributed by atoms with Gasteiger partial charge >= 0.3 is 0 Å². The lowest BCUT2D eigenvalue weighted by Gasteiger charge is -2.32. The average Bonchev–Trinajstić information content (AvgIpc) is 2.89. The highest BCUT2D eigenvalue weighted by Gasteiger charge is 2.23. The number of piperidine rings is 1. The second-order valence-corrected chi connectivity index (χ2v) is 8.93. The molecule has 1 heterocycles. The third kappa shape index (κ3) is 6.81. The maximum absolute atomic E-state index is 11.6. The number of hydrogen-bond donors (Lipinski definition) is 2. The van der Waals surface area contributed by atoms with Crippen LogP contribution in [0.4, 0.5) is 11.4 Å². The van der Waals surface area contributed by atoms with E-state index in [0.717, 1.165) is 54.9 Å². The van der Waals surface area contributed by atoms with Gasteiger partial charge in [0.1, 0.15) is 17.2 Å². The van der Waals surface area contributed by atoms with Crippen molar-refractivity contribution in [2.45, 2.75) is 45.9 Å². The summed E-state index contributed by atoms with van der Waals surface area (Å²) >= 11 is 0. The van der Waals surface area contributed by atoms with Gasteiger partial charge in [0.2, 0.25) is 0 Å². The second kappa shape index (κ2) is 12.7. The normalized spacial score (nSPS) is 13.9. The van der Waals surface area contributed by atoms with Crippen molar-refractivity contribution >= 4 is 11.4 Å². The molecule has 8 nitrogen and oxygen atoms in total. The van der Waals surface area contributed by atoms with E-state index in [4.69, 9.17) is 10.00 Å². The van der Waals surface area contributed by atoms with Crippen LogP contribution in [0, 0.1) is 35.8 Å². The predicted octanol–water partition coefficient (Wildman–Crippen LogP) is 5.71. The van der Waals surface area contributed by atoms with E-state index in [1.807, 2.05) is 44.2 Å². The number of nitro groups is 1. The molecule has 0 amide bonds. The van der Waals surface area contributed by atoms with Crippen molar-refractivity contribution in [1.29, 1.82) is 5.26 Å². The number of nitrogens with zero attached hydrogens (tertiary/aromatic N) is 3. The molecule has 4 rings (SSSR count). The first-order valence-electron chi connectivity index (χ1n) is 11.9. The van der Waals surface area contributed by atoms with Crippen LogP contribution in [0.1, 0.15) is 35.1 Å². The van der Waals surface area contributed by atoms with Gasteiger partial charge in [-0.05, 0) is 55.0 Å². The molecule has 0 aromatic heterocycles. The molecule has 1 aliphatic heterocycles. The molecule has 1 saturated heterocycles. The summed E-state index contributed by atoms with van der Waals surface area (Å²) in [6.45, 7) is 10.2. The number of anilines is 1. The largest absolute Gasteiger partial charge is 0.457 e. The van der Waals surface area contributed by atoms with Crippen molar-refractivity contribution in [3.8, 4) is 18.1 Å². The Labute approximate surface area is 211 Å². The van der Waals surface area contributed by atoms with Crippen molar-refractivity contribution in [3.05, 3.63) is 93.0 Å². The van der Waals surface area contributed by atoms with Crippen molar-refractivity contribution in [3.63, 3.8) is 0 Å². The second-order valence-electron chi connectivity index (χ2n) is 8.93. The number of nitriles is 1. The lowest BCUT2D eigenvalue weighted by atomic mass is 10.0. The first-order chi connectivity index (χ1) is 17.4. The number of rotatable bonds is 8. The minimum absolute atomic E-state index is 0.0558. The zero-order chi connectivity index (χ0) is 26.1. The quantitative estimate of drug-likeness (QED) is 0.308. The smallest absolute Gasteiger partial charge is 0.292 e. The van der Waals surface area contributed by atoms with Crippen molar-refractivity contribution < 1.29 is 14.8 Å². The first-order valence-corrected chi connectivity index (χ1v) is 11.9. The van der Waals surface area contributed by atoms with Gasteiger partial charge in [-0.3, -0.25) is 15.0 Å². The molecule has 0 atom stereocenters. The number of likely N-dealkylation sites (tertiary alicyclic amines) is 1. The molecule has 0 spiro atoms. The standard InChI is InChI=1S/C27H31N3O4.CHN/c1-19-4-3-5-20(2)27(19)34-24-10-11-26(30(32)33)25(16-24)28-23-12-14-29(15-13-23)17-21-6-8-22(18-31)9-7-21;1-2/h3-11,16,23,28,31H,12-15,17-18H2,1-2H3;1H. The molecule has 0 saturated carbocycles. The Balaban J connectivity index is 0.00000176. The molecule has 36 heavy (non-hydrogen) atoms. The summed E-state index contributed by atoms with van der Waals surface area (Å²) in [5.74, 6) is 1.36. The maximum Gasteiger partial charge on any atom is 0.292 e. The van der Waals surface area contributed by atoms with E-state index in [0.29, 0.717) is 11.4 Å².